The Morgan fingerprint density at radius 3 is 2.13 bits per heavy atom. The molecular weight excluding hydrogens is 347 g/mol. The second-order valence-corrected chi connectivity index (χ2v) is 7.95. The first-order valence-corrected chi connectivity index (χ1v) is 9.96. The van der Waals surface area contributed by atoms with Gasteiger partial charge in [0.15, 0.2) is 0 Å². The van der Waals surface area contributed by atoms with Gasteiger partial charge in [-0.3, -0.25) is 0 Å². The summed E-state index contributed by atoms with van der Waals surface area (Å²) in [4.78, 5) is 13.0. The van der Waals surface area contributed by atoms with Crippen molar-refractivity contribution >= 4 is 25.2 Å². The van der Waals surface area contributed by atoms with Crippen molar-refractivity contribution in [2.45, 2.75) is 39.5 Å². The van der Waals surface area contributed by atoms with Crippen molar-refractivity contribution < 1.29 is 4.79 Å². The summed E-state index contributed by atoms with van der Waals surface area (Å²) in [5.41, 5.74) is 2.06. The average Bonchev–Trinajstić information content (AvgIpc) is 2.61. The SMILES string of the molecule is CCCCCC(C)=C([Se]c1ccccc1)C(=O)c1ccccc1. The fourth-order valence-corrected chi connectivity index (χ4v) is 4.54. The van der Waals surface area contributed by atoms with E-state index in [0.717, 1.165) is 16.5 Å². The Bertz CT molecular complexity index is 644. The molecule has 0 saturated carbocycles. The number of benzene rings is 2. The van der Waals surface area contributed by atoms with E-state index in [4.69, 9.17) is 0 Å². The van der Waals surface area contributed by atoms with Gasteiger partial charge in [-0.1, -0.05) is 0 Å². The third kappa shape index (κ3) is 5.49. The molecular formula is C21H24OSe. The quantitative estimate of drug-likeness (QED) is 0.283. The monoisotopic (exact) mass is 372 g/mol. The maximum atomic E-state index is 13.0. The topological polar surface area (TPSA) is 17.1 Å². The van der Waals surface area contributed by atoms with Crippen molar-refractivity contribution in [1.82, 2.24) is 0 Å². The van der Waals surface area contributed by atoms with Crippen molar-refractivity contribution in [3.63, 3.8) is 0 Å². The molecule has 2 heteroatoms. The molecule has 23 heavy (non-hydrogen) atoms. The number of hydrogen-bond donors (Lipinski definition) is 0. The molecule has 2 aromatic rings. The van der Waals surface area contributed by atoms with Crippen LogP contribution in [-0.4, -0.2) is 20.7 Å². The first kappa shape index (κ1) is 17.7. The Morgan fingerprint density at radius 2 is 1.52 bits per heavy atom. The summed E-state index contributed by atoms with van der Waals surface area (Å²) in [6, 6.07) is 20.0. The van der Waals surface area contributed by atoms with Crippen LogP contribution < -0.4 is 4.46 Å². The molecule has 0 saturated heterocycles. The van der Waals surface area contributed by atoms with Crippen LogP contribution in [0.5, 0.6) is 0 Å². The summed E-state index contributed by atoms with van der Waals surface area (Å²) in [6.45, 7) is 4.35. The van der Waals surface area contributed by atoms with Crippen molar-refractivity contribution in [2.24, 2.45) is 0 Å². The number of allylic oxidation sites excluding steroid dienone is 2. The zero-order valence-corrected chi connectivity index (χ0v) is 15.6. The Morgan fingerprint density at radius 1 is 0.913 bits per heavy atom. The van der Waals surface area contributed by atoms with E-state index < -0.39 is 0 Å². The number of ketones is 1. The summed E-state index contributed by atoms with van der Waals surface area (Å²) in [5, 5.41) is 0. The molecule has 0 spiro atoms. The van der Waals surface area contributed by atoms with Crippen molar-refractivity contribution in [1.29, 1.82) is 0 Å². The molecule has 0 aromatic heterocycles. The van der Waals surface area contributed by atoms with E-state index in [1.807, 2.05) is 48.5 Å². The molecule has 0 fully saturated rings. The molecule has 2 rings (SSSR count). The average molecular weight is 371 g/mol. The van der Waals surface area contributed by atoms with Crippen LogP contribution in [0.15, 0.2) is 70.7 Å². The van der Waals surface area contributed by atoms with Crippen LogP contribution in [0.3, 0.4) is 0 Å². The number of Topliss-reactive ketones (excluding diaryl/α,β-unsaturated/α-hetero) is 1. The van der Waals surface area contributed by atoms with Crippen molar-refractivity contribution in [2.75, 3.05) is 0 Å². The number of carbonyl (C=O) groups excluding carboxylic acids is 1. The molecule has 0 amide bonds. The van der Waals surface area contributed by atoms with Gasteiger partial charge in [0.05, 0.1) is 0 Å². The van der Waals surface area contributed by atoms with E-state index in [0.29, 0.717) is 0 Å². The van der Waals surface area contributed by atoms with E-state index in [-0.39, 0.29) is 20.7 Å². The van der Waals surface area contributed by atoms with Crippen LogP contribution >= 0.6 is 0 Å². The summed E-state index contributed by atoms with van der Waals surface area (Å²) in [7, 11) is 0. The molecule has 120 valence electrons. The number of unbranched alkanes of at least 4 members (excludes halogenated alkanes) is 2. The molecule has 2 aromatic carbocycles. The predicted octanol–water partition coefficient (Wildman–Crippen LogP) is 4.75. The van der Waals surface area contributed by atoms with Crippen LogP contribution in [0.4, 0.5) is 0 Å². The first-order valence-electron chi connectivity index (χ1n) is 8.24. The Hall–Kier alpha value is -1.63. The van der Waals surface area contributed by atoms with Gasteiger partial charge in [0.25, 0.3) is 0 Å². The van der Waals surface area contributed by atoms with Gasteiger partial charge in [-0.15, -0.1) is 0 Å². The third-order valence-electron chi connectivity index (χ3n) is 3.75. The normalized spacial score (nSPS) is 11.9. The minimum absolute atomic E-state index is 0.0600. The summed E-state index contributed by atoms with van der Waals surface area (Å²) in [5.74, 6) is 0.198. The molecule has 0 aliphatic rings. The standard InChI is InChI=1S/C21H24OSe/c1-3-4-7-12-17(2)21(23-19-15-10-6-11-16-19)20(22)18-13-8-5-9-14-18/h5-6,8-11,13-16H,3-4,7,12H2,1-2H3. The second kappa shape index (κ2) is 9.50. The van der Waals surface area contributed by atoms with E-state index in [9.17, 15) is 4.79 Å². The van der Waals surface area contributed by atoms with Gasteiger partial charge in [0.2, 0.25) is 0 Å². The number of rotatable bonds is 8. The van der Waals surface area contributed by atoms with Crippen LogP contribution in [0, 0.1) is 0 Å². The van der Waals surface area contributed by atoms with Gasteiger partial charge < -0.3 is 0 Å². The summed E-state index contributed by atoms with van der Waals surface area (Å²) < 4.78 is 2.28. The fraction of sp³-hybridized carbons (Fsp3) is 0.286. The van der Waals surface area contributed by atoms with Crippen LogP contribution in [0.25, 0.3) is 0 Å². The third-order valence-corrected chi connectivity index (χ3v) is 6.36. The summed E-state index contributed by atoms with van der Waals surface area (Å²) in [6.07, 6.45) is 4.62. The van der Waals surface area contributed by atoms with Crippen LogP contribution in [0.2, 0.25) is 0 Å². The molecule has 0 aliphatic carbocycles. The van der Waals surface area contributed by atoms with Crippen molar-refractivity contribution in [3.8, 4) is 0 Å². The first-order chi connectivity index (χ1) is 11.2. The van der Waals surface area contributed by atoms with Gasteiger partial charge >= 0.3 is 146 Å². The van der Waals surface area contributed by atoms with E-state index in [1.165, 1.54) is 29.3 Å². The zero-order valence-electron chi connectivity index (χ0n) is 13.9. The maximum absolute atomic E-state index is 13.0. The molecule has 0 aliphatic heterocycles. The molecule has 0 unspecified atom stereocenters. The molecule has 0 bridgehead atoms. The van der Waals surface area contributed by atoms with E-state index in [2.05, 4.69) is 26.0 Å². The molecule has 0 N–H and O–H groups in total. The molecule has 0 radical (unpaired) electrons. The minimum atomic E-state index is 0.0600. The fourth-order valence-electron chi connectivity index (χ4n) is 2.41. The number of hydrogen-bond acceptors (Lipinski definition) is 1. The Labute approximate surface area is 146 Å². The Balaban J connectivity index is 2.27. The van der Waals surface area contributed by atoms with Crippen LogP contribution in [-0.2, 0) is 0 Å². The van der Waals surface area contributed by atoms with Crippen molar-refractivity contribution in [3.05, 3.63) is 76.3 Å². The predicted molar refractivity (Wildman–Crippen MR) is 99.4 cm³/mol. The van der Waals surface area contributed by atoms with Gasteiger partial charge in [0.1, 0.15) is 0 Å². The zero-order chi connectivity index (χ0) is 16.5. The molecule has 0 heterocycles. The van der Waals surface area contributed by atoms with Crippen LogP contribution in [0.1, 0.15) is 49.9 Å². The van der Waals surface area contributed by atoms with E-state index >= 15 is 0 Å². The number of carbonyl (C=O) groups is 1. The van der Waals surface area contributed by atoms with Gasteiger partial charge in [-0.25, -0.2) is 0 Å². The van der Waals surface area contributed by atoms with Gasteiger partial charge in [-0.2, -0.15) is 0 Å². The second-order valence-electron chi connectivity index (χ2n) is 5.68. The summed E-state index contributed by atoms with van der Waals surface area (Å²) >= 11 is 0.0600. The van der Waals surface area contributed by atoms with Gasteiger partial charge in [-0.05, 0) is 0 Å². The Kier molecular flexibility index (Phi) is 7.32. The molecule has 0 atom stereocenters. The van der Waals surface area contributed by atoms with Gasteiger partial charge in [0, 0.05) is 0 Å². The van der Waals surface area contributed by atoms with E-state index in [1.54, 1.807) is 0 Å². The molecule has 1 nitrogen and oxygen atoms in total.